The van der Waals surface area contributed by atoms with Crippen LogP contribution in [0.15, 0.2) is 24.5 Å². The molecule has 0 aliphatic carbocycles. The number of halogens is 3. The molecule has 3 aromatic rings. The Morgan fingerprint density at radius 1 is 1.07 bits per heavy atom. The van der Waals surface area contributed by atoms with Crippen molar-refractivity contribution in [3.63, 3.8) is 0 Å². The minimum atomic E-state index is -0.791. The van der Waals surface area contributed by atoms with Crippen LogP contribution in [0.5, 0.6) is 0 Å². The molecule has 0 saturated carbocycles. The number of nitrogens with zero attached hydrogens (tertiary/aromatic N) is 5. The molecule has 28 heavy (non-hydrogen) atoms. The third-order valence-corrected chi connectivity index (χ3v) is 6.41. The first-order valence-electron chi connectivity index (χ1n) is 8.47. The van der Waals surface area contributed by atoms with Crippen molar-refractivity contribution in [1.29, 1.82) is 0 Å². The first-order chi connectivity index (χ1) is 13.5. The third kappa shape index (κ3) is 4.15. The van der Waals surface area contributed by atoms with Crippen molar-refractivity contribution in [2.45, 2.75) is 6.54 Å². The van der Waals surface area contributed by atoms with Gasteiger partial charge in [-0.1, -0.05) is 29.3 Å². The van der Waals surface area contributed by atoms with Crippen LogP contribution in [-0.2, 0) is 17.3 Å². The zero-order valence-corrected chi connectivity index (χ0v) is 17.6. The Labute approximate surface area is 178 Å². The number of anilines is 2. The van der Waals surface area contributed by atoms with Gasteiger partial charge in [0.05, 0.1) is 0 Å². The normalized spacial score (nSPS) is 15.2. The van der Waals surface area contributed by atoms with Crippen LogP contribution in [0.1, 0.15) is 5.56 Å². The SMILES string of the molecule is O=S1CCN(c2nc(Cl)nc3c(NCc4ccc(Cl)cc4Cl)ncnc23)CC1. The van der Waals surface area contributed by atoms with Gasteiger partial charge >= 0.3 is 0 Å². The first kappa shape index (κ1) is 19.6. The van der Waals surface area contributed by atoms with Crippen molar-refractivity contribution in [1.82, 2.24) is 19.9 Å². The molecule has 0 spiro atoms. The molecule has 146 valence electrons. The van der Waals surface area contributed by atoms with Crippen LogP contribution in [0.25, 0.3) is 11.0 Å². The van der Waals surface area contributed by atoms with Gasteiger partial charge in [0.1, 0.15) is 17.4 Å². The van der Waals surface area contributed by atoms with Gasteiger partial charge in [-0.2, -0.15) is 4.98 Å². The largest absolute Gasteiger partial charge is 0.364 e. The molecule has 4 rings (SSSR count). The fourth-order valence-electron chi connectivity index (χ4n) is 2.95. The Morgan fingerprint density at radius 3 is 2.61 bits per heavy atom. The average molecular weight is 458 g/mol. The van der Waals surface area contributed by atoms with Gasteiger partial charge in [0.25, 0.3) is 0 Å². The van der Waals surface area contributed by atoms with E-state index in [0.29, 0.717) is 63.9 Å². The van der Waals surface area contributed by atoms with Gasteiger partial charge < -0.3 is 10.2 Å². The summed E-state index contributed by atoms with van der Waals surface area (Å²) in [4.78, 5) is 19.4. The van der Waals surface area contributed by atoms with Crippen LogP contribution in [0.2, 0.25) is 15.3 Å². The molecule has 0 bridgehead atoms. The fourth-order valence-corrected chi connectivity index (χ4v) is 4.64. The maximum Gasteiger partial charge on any atom is 0.225 e. The van der Waals surface area contributed by atoms with E-state index in [0.717, 1.165) is 5.56 Å². The number of benzene rings is 1. The van der Waals surface area contributed by atoms with Gasteiger partial charge in [-0.15, -0.1) is 0 Å². The first-order valence-corrected chi connectivity index (χ1v) is 11.1. The molecule has 1 aliphatic rings. The molecule has 11 heteroatoms. The lowest BCUT2D eigenvalue weighted by Gasteiger charge is -2.27. The molecule has 1 fully saturated rings. The molecule has 0 radical (unpaired) electrons. The highest BCUT2D eigenvalue weighted by molar-refractivity contribution is 7.85. The van der Waals surface area contributed by atoms with Crippen molar-refractivity contribution >= 4 is 68.3 Å². The molecule has 0 atom stereocenters. The fraction of sp³-hybridized carbons (Fsp3) is 0.294. The van der Waals surface area contributed by atoms with Gasteiger partial charge in [0.15, 0.2) is 11.6 Å². The van der Waals surface area contributed by atoms with Crippen molar-refractivity contribution in [3.05, 3.63) is 45.4 Å². The summed E-state index contributed by atoms with van der Waals surface area (Å²) in [6.07, 6.45) is 1.46. The number of hydrogen-bond donors (Lipinski definition) is 1. The lowest BCUT2D eigenvalue weighted by Crippen LogP contribution is -2.38. The highest BCUT2D eigenvalue weighted by Crippen LogP contribution is 2.29. The summed E-state index contributed by atoms with van der Waals surface area (Å²) in [7, 11) is -0.791. The van der Waals surface area contributed by atoms with Gasteiger partial charge in [-0.3, -0.25) is 4.21 Å². The summed E-state index contributed by atoms with van der Waals surface area (Å²) in [5, 5.41) is 4.48. The molecular weight excluding hydrogens is 443 g/mol. The molecule has 1 saturated heterocycles. The van der Waals surface area contributed by atoms with E-state index < -0.39 is 10.8 Å². The monoisotopic (exact) mass is 456 g/mol. The molecule has 0 amide bonds. The zero-order valence-electron chi connectivity index (χ0n) is 14.5. The standard InChI is InChI=1S/C17H15Cl3N6OS/c18-11-2-1-10(12(19)7-11)8-21-15-13-14(22-9-23-15)16(25-17(20)24-13)26-3-5-28(27)6-4-26/h1-2,7,9H,3-6,8H2,(H,21,22,23). The Morgan fingerprint density at radius 2 is 1.86 bits per heavy atom. The average Bonchev–Trinajstić information content (AvgIpc) is 2.67. The summed E-state index contributed by atoms with van der Waals surface area (Å²) in [6, 6.07) is 5.32. The number of rotatable bonds is 4. The summed E-state index contributed by atoms with van der Waals surface area (Å²) >= 11 is 18.4. The Hall–Kier alpha value is -1.74. The van der Waals surface area contributed by atoms with Crippen LogP contribution in [0.3, 0.4) is 0 Å². The molecule has 2 aromatic heterocycles. The predicted molar refractivity (Wildman–Crippen MR) is 114 cm³/mol. The van der Waals surface area contributed by atoms with Crippen LogP contribution in [0.4, 0.5) is 11.6 Å². The van der Waals surface area contributed by atoms with E-state index in [2.05, 4.69) is 25.3 Å². The highest BCUT2D eigenvalue weighted by Gasteiger charge is 2.22. The number of hydrogen-bond acceptors (Lipinski definition) is 7. The second kappa shape index (κ2) is 8.32. The van der Waals surface area contributed by atoms with Crippen LogP contribution < -0.4 is 10.2 Å². The number of nitrogens with one attached hydrogen (secondary N) is 1. The second-order valence-electron chi connectivity index (χ2n) is 6.16. The summed E-state index contributed by atoms with van der Waals surface area (Å²) in [5.74, 6) is 2.34. The topological polar surface area (TPSA) is 83.9 Å². The van der Waals surface area contributed by atoms with Gasteiger partial charge in [-0.05, 0) is 29.3 Å². The van der Waals surface area contributed by atoms with E-state index >= 15 is 0 Å². The van der Waals surface area contributed by atoms with Crippen LogP contribution in [0, 0.1) is 0 Å². The van der Waals surface area contributed by atoms with Gasteiger partial charge in [-0.25, -0.2) is 15.0 Å². The van der Waals surface area contributed by atoms with Crippen LogP contribution >= 0.6 is 34.8 Å². The maximum atomic E-state index is 11.7. The number of fused-ring (bicyclic) bond motifs is 1. The lowest BCUT2D eigenvalue weighted by atomic mass is 10.2. The van der Waals surface area contributed by atoms with Crippen molar-refractivity contribution < 1.29 is 4.21 Å². The molecule has 0 unspecified atom stereocenters. The van der Waals surface area contributed by atoms with E-state index in [1.807, 2.05) is 11.0 Å². The number of aromatic nitrogens is 4. The van der Waals surface area contributed by atoms with Crippen molar-refractivity contribution in [2.24, 2.45) is 0 Å². The molecule has 1 aromatic carbocycles. The summed E-state index contributed by atoms with van der Waals surface area (Å²) < 4.78 is 11.7. The van der Waals surface area contributed by atoms with Gasteiger partial charge in [0.2, 0.25) is 5.28 Å². The van der Waals surface area contributed by atoms with Crippen molar-refractivity contribution in [3.8, 4) is 0 Å². The smallest absolute Gasteiger partial charge is 0.225 e. The summed E-state index contributed by atoms with van der Waals surface area (Å²) in [6.45, 7) is 1.69. The molecule has 1 N–H and O–H groups in total. The molecular formula is C17H15Cl3N6OS. The minimum absolute atomic E-state index is 0.108. The molecule has 1 aliphatic heterocycles. The quantitative estimate of drug-likeness (QED) is 0.600. The Kier molecular flexibility index (Phi) is 5.82. The molecule has 3 heterocycles. The maximum absolute atomic E-state index is 11.7. The Bertz CT molecular complexity index is 1060. The highest BCUT2D eigenvalue weighted by atomic mass is 35.5. The lowest BCUT2D eigenvalue weighted by molar-refractivity contribution is 0.672. The predicted octanol–water partition coefficient (Wildman–Crippen LogP) is 3.56. The van der Waals surface area contributed by atoms with Gasteiger partial charge in [0, 0.05) is 52.0 Å². The van der Waals surface area contributed by atoms with E-state index in [4.69, 9.17) is 34.8 Å². The third-order valence-electron chi connectivity index (χ3n) is 4.37. The Balaban J connectivity index is 1.67. The molecule has 7 nitrogen and oxygen atoms in total. The summed E-state index contributed by atoms with van der Waals surface area (Å²) in [5.41, 5.74) is 1.99. The second-order valence-corrected chi connectivity index (χ2v) is 9.04. The van der Waals surface area contributed by atoms with Crippen molar-refractivity contribution in [2.75, 3.05) is 34.8 Å². The van der Waals surface area contributed by atoms with E-state index in [-0.39, 0.29) is 5.28 Å². The zero-order chi connectivity index (χ0) is 19.7. The van der Waals surface area contributed by atoms with E-state index in [1.54, 1.807) is 12.1 Å². The van der Waals surface area contributed by atoms with Crippen LogP contribution in [-0.4, -0.2) is 48.7 Å². The van der Waals surface area contributed by atoms with E-state index in [9.17, 15) is 4.21 Å². The van der Waals surface area contributed by atoms with E-state index in [1.165, 1.54) is 6.33 Å². The minimum Gasteiger partial charge on any atom is -0.364 e.